The number of halogens is 1. The topological polar surface area (TPSA) is 73.9 Å². The maximum Gasteiger partial charge on any atom is 0.340 e. The standard InChI is InChI=1S/C26H25ClN2O5/c1-15-11-18(16(2)29(15)19-8-9-23(32-4)22(27)13-19)12-21-24(26(31)33-5)17(3)28(25(21)30)14-20-7-6-10-34-20/h6-13H,14H2,1-5H3/b21-12-. The van der Waals surface area contributed by atoms with Crippen molar-refractivity contribution in [2.45, 2.75) is 27.3 Å². The van der Waals surface area contributed by atoms with Gasteiger partial charge in [0, 0.05) is 22.8 Å². The number of ether oxygens (including phenoxy) is 2. The summed E-state index contributed by atoms with van der Waals surface area (Å²) in [7, 11) is 2.87. The minimum atomic E-state index is -0.560. The van der Waals surface area contributed by atoms with Crippen molar-refractivity contribution >= 4 is 29.6 Å². The summed E-state index contributed by atoms with van der Waals surface area (Å²) >= 11 is 6.34. The third kappa shape index (κ3) is 4.03. The zero-order chi connectivity index (χ0) is 24.6. The zero-order valence-electron chi connectivity index (χ0n) is 19.6. The van der Waals surface area contributed by atoms with Gasteiger partial charge < -0.3 is 23.4 Å². The fourth-order valence-electron chi connectivity index (χ4n) is 4.26. The van der Waals surface area contributed by atoms with Crippen LogP contribution in [0.4, 0.5) is 0 Å². The lowest BCUT2D eigenvalue weighted by atomic mass is 10.0. The second-order valence-corrected chi connectivity index (χ2v) is 8.37. The SMILES string of the molecule is COC(=O)C1=C(C)N(Cc2ccco2)C(=O)/C1=C\c1cc(C)n(-c2ccc(OC)c(Cl)c2)c1C. The molecule has 0 aliphatic carbocycles. The Labute approximate surface area is 202 Å². The van der Waals surface area contributed by atoms with Crippen molar-refractivity contribution in [3.05, 3.63) is 87.2 Å². The largest absolute Gasteiger partial charge is 0.495 e. The number of aromatic nitrogens is 1. The summed E-state index contributed by atoms with van der Waals surface area (Å²) in [6.07, 6.45) is 3.29. The predicted molar refractivity (Wildman–Crippen MR) is 129 cm³/mol. The van der Waals surface area contributed by atoms with Gasteiger partial charge in [-0.15, -0.1) is 0 Å². The highest BCUT2D eigenvalue weighted by Crippen LogP contribution is 2.35. The number of hydrogen-bond acceptors (Lipinski definition) is 5. The molecule has 0 saturated heterocycles. The summed E-state index contributed by atoms with van der Waals surface area (Å²) in [5.41, 5.74) is 4.56. The highest BCUT2D eigenvalue weighted by molar-refractivity contribution is 6.32. The fraction of sp³-hybridized carbons (Fsp3) is 0.231. The van der Waals surface area contributed by atoms with E-state index in [-0.39, 0.29) is 23.6 Å². The van der Waals surface area contributed by atoms with E-state index in [1.165, 1.54) is 12.0 Å². The van der Waals surface area contributed by atoms with Gasteiger partial charge in [0.05, 0.1) is 43.2 Å². The Bertz CT molecular complexity index is 1330. The van der Waals surface area contributed by atoms with Gasteiger partial charge in [0.15, 0.2) is 0 Å². The van der Waals surface area contributed by atoms with Gasteiger partial charge in [-0.25, -0.2) is 4.79 Å². The molecule has 3 heterocycles. The molecule has 0 unspecified atom stereocenters. The molecule has 1 amide bonds. The average molecular weight is 481 g/mol. The highest BCUT2D eigenvalue weighted by Gasteiger charge is 2.37. The number of aryl methyl sites for hydroxylation is 1. The van der Waals surface area contributed by atoms with Crippen LogP contribution in [-0.2, 0) is 20.9 Å². The van der Waals surface area contributed by atoms with E-state index < -0.39 is 5.97 Å². The minimum Gasteiger partial charge on any atom is -0.495 e. The number of rotatable bonds is 6. The number of benzene rings is 1. The second kappa shape index (κ2) is 9.27. The number of nitrogens with zero attached hydrogens (tertiary/aromatic N) is 2. The smallest absolute Gasteiger partial charge is 0.340 e. The van der Waals surface area contributed by atoms with Crippen molar-refractivity contribution in [2.75, 3.05) is 14.2 Å². The van der Waals surface area contributed by atoms with Crippen molar-refractivity contribution in [3.8, 4) is 11.4 Å². The van der Waals surface area contributed by atoms with Gasteiger partial charge in [-0.05, 0) is 68.8 Å². The predicted octanol–water partition coefficient (Wildman–Crippen LogP) is 5.22. The van der Waals surface area contributed by atoms with E-state index in [4.69, 9.17) is 25.5 Å². The lowest BCUT2D eigenvalue weighted by Crippen LogP contribution is -2.24. The van der Waals surface area contributed by atoms with Crippen molar-refractivity contribution in [2.24, 2.45) is 0 Å². The Morgan fingerprint density at radius 2 is 1.91 bits per heavy atom. The number of allylic oxidation sites excluding steroid dienone is 1. The minimum absolute atomic E-state index is 0.221. The lowest BCUT2D eigenvalue weighted by Gasteiger charge is -2.16. The van der Waals surface area contributed by atoms with E-state index in [1.54, 1.807) is 38.5 Å². The molecular formula is C26H25ClN2O5. The van der Waals surface area contributed by atoms with Crippen molar-refractivity contribution < 1.29 is 23.5 Å². The molecule has 0 atom stereocenters. The van der Waals surface area contributed by atoms with Gasteiger partial charge in [0.2, 0.25) is 0 Å². The number of hydrogen-bond donors (Lipinski definition) is 0. The molecule has 0 radical (unpaired) electrons. The number of furan rings is 1. The van der Waals surface area contributed by atoms with Crippen LogP contribution in [0.15, 0.2) is 63.9 Å². The van der Waals surface area contributed by atoms with Gasteiger partial charge >= 0.3 is 5.97 Å². The quantitative estimate of drug-likeness (QED) is 0.357. The van der Waals surface area contributed by atoms with Crippen molar-refractivity contribution in [3.63, 3.8) is 0 Å². The molecule has 1 aliphatic rings. The molecule has 1 aliphatic heterocycles. The Morgan fingerprint density at radius 1 is 1.15 bits per heavy atom. The van der Waals surface area contributed by atoms with Gasteiger partial charge in [-0.2, -0.15) is 0 Å². The molecule has 34 heavy (non-hydrogen) atoms. The van der Waals surface area contributed by atoms with Crippen LogP contribution in [0.5, 0.6) is 5.75 Å². The number of carbonyl (C=O) groups is 2. The second-order valence-electron chi connectivity index (χ2n) is 7.96. The molecule has 0 spiro atoms. The van der Waals surface area contributed by atoms with E-state index in [1.807, 2.05) is 42.7 Å². The Morgan fingerprint density at radius 3 is 2.53 bits per heavy atom. The maximum atomic E-state index is 13.4. The molecule has 8 heteroatoms. The van der Waals surface area contributed by atoms with E-state index in [9.17, 15) is 9.59 Å². The summed E-state index contributed by atoms with van der Waals surface area (Å²) in [4.78, 5) is 27.6. The van der Waals surface area contributed by atoms with Crippen LogP contribution in [0.2, 0.25) is 5.02 Å². The van der Waals surface area contributed by atoms with Crippen molar-refractivity contribution in [1.82, 2.24) is 9.47 Å². The normalized spacial score (nSPS) is 14.9. The molecule has 3 aromatic rings. The van der Waals surface area contributed by atoms with E-state index >= 15 is 0 Å². The monoisotopic (exact) mass is 480 g/mol. The van der Waals surface area contributed by atoms with Gasteiger partial charge in [0.1, 0.15) is 11.5 Å². The Balaban J connectivity index is 1.78. The van der Waals surface area contributed by atoms with Gasteiger partial charge in [-0.3, -0.25) is 4.79 Å². The lowest BCUT2D eigenvalue weighted by molar-refractivity contribution is -0.136. The number of methoxy groups -OCH3 is 2. The van der Waals surface area contributed by atoms with E-state index in [2.05, 4.69) is 0 Å². The number of esters is 1. The molecule has 2 aromatic heterocycles. The Hall–Kier alpha value is -3.71. The van der Waals surface area contributed by atoms with E-state index in [0.29, 0.717) is 22.2 Å². The average Bonchev–Trinajstić information content (AvgIpc) is 3.48. The van der Waals surface area contributed by atoms with Crippen LogP contribution in [0.25, 0.3) is 11.8 Å². The van der Waals surface area contributed by atoms with Gasteiger partial charge in [-0.1, -0.05) is 11.6 Å². The first-order valence-corrected chi connectivity index (χ1v) is 11.0. The first-order valence-electron chi connectivity index (χ1n) is 10.6. The summed E-state index contributed by atoms with van der Waals surface area (Å²) in [5.74, 6) is 0.362. The molecule has 0 bridgehead atoms. The Kier molecular flexibility index (Phi) is 6.39. The van der Waals surface area contributed by atoms with E-state index in [0.717, 1.165) is 22.6 Å². The zero-order valence-corrected chi connectivity index (χ0v) is 20.4. The number of amides is 1. The molecule has 4 rings (SSSR count). The van der Waals surface area contributed by atoms with Crippen LogP contribution in [0, 0.1) is 13.8 Å². The van der Waals surface area contributed by atoms with Crippen LogP contribution in [0.1, 0.15) is 29.6 Å². The summed E-state index contributed by atoms with van der Waals surface area (Å²) in [6.45, 7) is 5.87. The fourth-order valence-corrected chi connectivity index (χ4v) is 4.51. The molecule has 176 valence electrons. The highest BCUT2D eigenvalue weighted by atomic mass is 35.5. The van der Waals surface area contributed by atoms with Crippen LogP contribution >= 0.6 is 11.6 Å². The van der Waals surface area contributed by atoms with Crippen molar-refractivity contribution in [1.29, 1.82) is 0 Å². The molecule has 0 saturated carbocycles. The maximum absolute atomic E-state index is 13.4. The summed E-state index contributed by atoms with van der Waals surface area (Å²) in [5, 5.41) is 0.499. The third-order valence-corrected chi connectivity index (χ3v) is 6.25. The summed E-state index contributed by atoms with van der Waals surface area (Å²) in [6, 6.07) is 11.1. The van der Waals surface area contributed by atoms with Crippen LogP contribution in [0.3, 0.4) is 0 Å². The first-order chi connectivity index (χ1) is 16.3. The summed E-state index contributed by atoms with van der Waals surface area (Å²) < 4.78 is 17.7. The molecule has 1 aromatic carbocycles. The number of carbonyl (C=O) groups excluding carboxylic acids is 2. The van der Waals surface area contributed by atoms with Gasteiger partial charge in [0.25, 0.3) is 5.91 Å². The van der Waals surface area contributed by atoms with Crippen LogP contribution < -0.4 is 4.74 Å². The molecule has 0 fully saturated rings. The first kappa shape index (κ1) is 23.4. The molecule has 7 nitrogen and oxygen atoms in total. The van der Waals surface area contributed by atoms with Crippen LogP contribution in [-0.4, -0.2) is 35.6 Å². The third-order valence-electron chi connectivity index (χ3n) is 5.96. The molecular weight excluding hydrogens is 456 g/mol. The molecule has 0 N–H and O–H groups in total.